The molecule has 242 valence electrons. The molecule has 5 rings (SSSR count). The molecule has 0 fully saturated rings. The maximum atomic E-state index is 13.9. The highest BCUT2D eigenvalue weighted by Crippen LogP contribution is 2.44. The van der Waals surface area contributed by atoms with Crippen LogP contribution >= 0.6 is 11.3 Å². The highest BCUT2D eigenvalue weighted by molar-refractivity contribution is 7.92. The van der Waals surface area contributed by atoms with Gasteiger partial charge in [0.05, 0.1) is 24.4 Å². The lowest BCUT2D eigenvalue weighted by atomic mass is 10.0. The van der Waals surface area contributed by atoms with Crippen LogP contribution < -0.4 is 4.72 Å². The van der Waals surface area contributed by atoms with Gasteiger partial charge in [-0.25, -0.2) is 27.9 Å². The number of benzene rings is 1. The predicted octanol–water partition coefficient (Wildman–Crippen LogP) is 7.68. The van der Waals surface area contributed by atoms with E-state index in [0.717, 1.165) is 46.3 Å². The van der Waals surface area contributed by atoms with Crippen LogP contribution in [0.3, 0.4) is 0 Å². The van der Waals surface area contributed by atoms with Crippen LogP contribution in [0.15, 0.2) is 58.9 Å². The summed E-state index contributed by atoms with van der Waals surface area (Å²) in [5.74, 6) is 0.844. The Balaban J connectivity index is 1.55. The van der Waals surface area contributed by atoms with E-state index in [1.165, 1.54) is 24.3 Å². The van der Waals surface area contributed by atoms with Crippen molar-refractivity contribution in [3.8, 4) is 21.7 Å². The number of amides is 1. The van der Waals surface area contributed by atoms with Crippen molar-refractivity contribution in [1.82, 2.24) is 24.2 Å². The predicted molar refractivity (Wildman–Crippen MR) is 170 cm³/mol. The molecule has 0 aliphatic heterocycles. The Hall–Kier alpha value is -4.30. The van der Waals surface area contributed by atoms with Crippen LogP contribution in [0.25, 0.3) is 32.9 Å². The first kappa shape index (κ1) is 33.1. The minimum atomic E-state index is -4.68. The lowest BCUT2D eigenvalue weighted by Gasteiger charge is -2.11. The van der Waals surface area contributed by atoms with E-state index in [4.69, 9.17) is 14.7 Å². The van der Waals surface area contributed by atoms with Crippen LogP contribution in [0, 0.1) is 13.8 Å². The van der Waals surface area contributed by atoms with Crippen molar-refractivity contribution in [2.45, 2.75) is 63.9 Å². The van der Waals surface area contributed by atoms with Gasteiger partial charge >= 0.3 is 12.3 Å². The molecular formula is C32H32F3N5O4S2. The van der Waals surface area contributed by atoms with Crippen LogP contribution in [0.5, 0.6) is 0 Å². The van der Waals surface area contributed by atoms with Crippen LogP contribution in [-0.2, 0) is 33.9 Å². The zero-order valence-corrected chi connectivity index (χ0v) is 27.2. The van der Waals surface area contributed by atoms with Gasteiger partial charge in [-0.05, 0) is 55.7 Å². The number of rotatable bonds is 10. The molecule has 0 aliphatic carbocycles. The van der Waals surface area contributed by atoms with Gasteiger partial charge in [-0.15, -0.1) is 11.3 Å². The van der Waals surface area contributed by atoms with Gasteiger partial charge in [-0.1, -0.05) is 44.5 Å². The average Bonchev–Trinajstić information content (AvgIpc) is 3.60. The van der Waals surface area contributed by atoms with E-state index in [2.05, 4.69) is 4.98 Å². The van der Waals surface area contributed by atoms with Crippen molar-refractivity contribution in [3.63, 3.8) is 0 Å². The minimum Gasteiger partial charge on any atom is -0.449 e. The molecule has 0 atom stereocenters. The number of aryl methyl sites for hydroxylation is 3. The second kappa shape index (κ2) is 13.2. The Labute approximate surface area is 268 Å². The SMILES string of the molecule is CCCCOC(=O)NS(=O)(=O)c1sc(-c2ccccc2C(F)(F)F)cc1-c1ccc(Cn2c(CC)nc3c(C)cc(C)nc32)cn1. The van der Waals surface area contributed by atoms with Crippen molar-refractivity contribution < 1.29 is 31.1 Å². The number of carbonyl (C=O) groups excluding carboxylic acids is 1. The Bertz CT molecular complexity index is 2000. The fraction of sp³-hybridized carbons (Fsp3) is 0.312. The van der Waals surface area contributed by atoms with Crippen LogP contribution in [0.2, 0.25) is 0 Å². The summed E-state index contributed by atoms with van der Waals surface area (Å²) in [5, 5.41) is 0. The molecule has 4 aromatic heterocycles. The average molecular weight is 672 g/mol. The number of sulfonamides is 1. The van der Waals surface area contributed by atoms with E-state index in [1.807, 2.05) is 43.1 Å². The zero-order chi connectivity index (χ0) is 33.2. The van der Waals surface area contributed by atoms with Crippen molar-refractivity contribution in [1.29, 1.82) is 0 Å². The van der Waals surface area contributed by atoms with E-state index in [1.54, 1.807) is 18.3 Å². The molecule has 1 aromatic carbocycles. The molecule has 0 bridgehead atoms. The molecule has 0 saturated carbocycles. The second-order valence-electron chi connectivity index (χ2n) is 10.7. The summed E-state index contributed by atoms with van der Waals surface area (Å²) in [5.41, 5.74) is 3.35. The highest BCUT2D eigenvalue weighted by Gasteiger charge is 2.35. The van der Waals surface area contributed by atoms with Crippen LogP contribution in [-0.4, -0.2) is 40.6 Å². The summed E-state index contributed by atoms with van der Waals surface area (Å²) < 4.78 is 77.1. The Morgan fingerprint density at radius 3 is 2.48 bits per heavy atom. The Morgan fingerprint density at radius 2 is 1.80 bits per heavy atom. The topological polar surface area (TPSA) is 116 Å². The first-order chi connectivity index (χ1) is 21.8. The number of carbonyl (C=O) groups is 1. The van der Waals surface area contributed by atoms with Crippen LogP contribution in [0.4, 0.5) is 18.0 Å². The number of pyridine rings is 2. The Morgan fingerprint density at radius 1 is 1.04 bits per heavy atom. The molecule has 0 spiro atoms. The standard InChI is InChI=1S/C32H32F3N5O4S2/c1-5-7-14-44-31(41)39-46(42,43)30-23(16-26(45-30)22-10-8-9-11-24(22)32(33,34)35)25-13-12-21(17-36-25)18-40-27(6-2)38-28-19(3)15-20(4)37-29(28)40/h8-13,15-17H,5-7,14,18H2,1-4H3,(H,39,41). The van der Waals surface area contributed by atoms with Gasteiger partial charge in [-0.3, -0.25) is 4.98 Å². The maximum absolute atomic E-state index is 13.9. The molecule has 0 aliphatic rings. The molecule has 1 N–H and O–H groups in total. The third-order valence-corrected chi connectivity index (χ3v) is 10.3. The maximum Gasteiger partial charge on any atom is 0.421 e. The number of thiophene rings is 1. The molecule has 46 heavy (non-hydrogen) atoms. The molecular weight excluding hydrogens is 640 g/mol. The normalized spacial score (nSPS) is 12.1. The van der Waals surface area contributed by atoms with Gasteiger partial charge in [0, 0.05) is 34.3 Å². The number of halogens is 3. The summed E-state index contributed by atoms with van der Waals surface area (Å²) in [4.78, 5) is 26.3. The third-order valence-electron chi connectivity index (χ3n) is 7.25. The first-order valence-electron chi connectivity index (χ1n) is 14.6. The van der Waals surface area contributed by atoms with Crippen LogP contribution in [0.1, 0.15) is 54.9 Å². The number of imidazole rings is 1. The van der Waals surface area contributed by atoms with Crippen molar-refractivity contribution >= 4 is 38.6 Å². The van der Waals surface area contributed by atoms with Crippen molar-refractivity contribution in [3.05, 3.63) is 82.9 Å². The number of nitrogens with one attached hydrogen (secondary N) is 1. The van der Waals surface area contributed by atoms with Gasteiger partial charge in [0.15, 0.2) is 5.65 Å². The largest absolute Gasteiger partial charge is 0.449 e. The van der Waals surface area contributed by atoms with Gasteiger partial charge in [0.1, 0.15) is 15.6 Å². The zero-order valence-electron chi connectivity index (χ0n) is 25.6. The van der Waals surface area contributed by atoms with Gasteiger partial charge in [0.2, 0.25) is 0 Å². The van der Waals surface area contributed by atoms with E-state index in [9.17, 15) is 26.4 Å². The molecule has 0 radical (unpaired) electrons. The fourth-order valence-electron chi connectivity index (χ4n) is 5.07. The number of fused-ring (bicyclic) bond motifs is 1. The van der Waals surface area contributed by atoms with E-state index >= 15 is 0 Å². The highest BCUT2D eigenvalue weighted by atomic mass is 32.2. The third kappa shape index (κ3) is 6.92. The number of unbranched alkanes of at least 4 members (excludes halogenated alkanes) is 1. The molecule has 9 nitrogen and oxygen atoms in total. The second-order valence-corrected chi connectivity index (χ2v) is 13.7. The number of aromatic nitrogens is 4. The van der Waals surface area contributed by atoms with Crippen molar-refractivity contribution in [2.24, 2.45) is 0 Å². The summed E-state index contributed by atoms with van der Waals surface area (Å²) in [6, 6.07) is 11.6. The molecule has 0 unspecified atom stereocenters. The summed E-state index contributed by atoms with van der Waals surface area (Å²) in [6.45, 7) is 8.20. The monoisotopic (exact) mass is 671 g/mol. The van der Waals surface area contributed by atoms with Gasteiger partial charge in [-0.2, -0.15) is 13.2 Å². The first-order valence-corrected chi connectivity index (χ1v) is 16.9. The van der Waals surface area contributed by atoms with Gasteiger partial charge < -0.3 is 9.30 Å². The number of nitrogens with zero attached hydrogens (tertiary/aromatic N) is 4. The number of hydrogen-bond donors (Lipinski definition) is 1. The van der Waals surface area contributed by atoms with E-state index in [-0.39, 0.29) is 32.5 Å². The molecule has 14 heteroatoms. The lowest BCUT2D eigenvalue weighted by molar-refractivity contribution is -0.137. The van der Waals surface area contributed by atoms with E-state index in [0.29, 0.717) is 30.7 Å². The van der Waals surface area contributed by atoms with Gasteiger partial charge in [0.25, 0.3) is 10.0 Å². The molecule has 0 saturated heterocycles. The fourth-order valence-corrected chi connectivity index (χ4v) is 7.66. The summed E-state index contributed by atoms with van der Waals surface area (Å²) >= 11 is 0.613. The number of alkyl halides is 3. The molecule has 4 heterocycles. The minimum absolute atomic E-state index is 0.0168. The van der Waals surface area contributed by atoms with E-state index < -0.39 is 27.9 Å². The molecule has 1 amide bonds. The number of hydrogen-bond acceptors (Lipinski definition) is 8. The number of ether oxygens (including phenoxy) is 1. The van der Waals surface area contributed by atoms with Crippen molar-refractivity contribution in [2.75, 3.05) is 6.61 Å². The quantitative estimate of drug-likeness (QED) is 0.151. The Kier molecular flexibility index (Phi) is 9.49. The lowest BCUT2D eigenvalue weighted by Crippen LogP contribution is -2.31. The summed E-state index contributed by atoms with van der Waals surface area (Å²) in [7, 11) is -4.55. The molecule has 5 aromatic rings. The summed E-state index contributed by atoms with van der Waals surface area (Å²) in [6.07, 6.45) is -2.34. The smallest absolute Gasteiger partial charge is 0.421 e.